The summed E-state index contributed by atoms with van der Waals surface area (Å²) < 4.78 is 6.19. The first kappa shape index (κ1) is 15.4. The van der Waals surface area contributed by atoms with Crippen LogP contribution in [0.3, 0.4) is 0 Å². The van der Waals surface area contributed by atoms with E-state index < -0.39 is 0 Å². The molecule has 0 radical (unpaired) electrons. The van der Waals surface area contributed by atoms with Crippen molar-refractivity contribution in [3.63, 3.8) is 0 Å². The van der Waals surface area contributed by atoms with Gasteiger partial charge in [0.25, 0.3) is 0 Å². The molecule has 18 heavy (non-hydrogen) atoms. The molecule has 1 aromatic carbocycles. The van der Waals surface area contributed by atoms with Crippen molar-refractivity contribution in [3.05, 3.63) is 22.7 Å². The molecule has 0 heterocycles. The van der Waals surface area contributed by atoms with Gasteiger partial charge in [0.1, 0.15) is 5.75 Å². The second-order valence-electron chi connectivity index (χ2n) is 4.79. The quantitative estimate of drug-likeness (QED) is 0.908. The predicted molar refractivity (Wildman–Crippen MR) is 81.5 cm³/mol. The van der Waals surface area contributed by atoms with Crippen molar-refractivity contribution in [2.75, 3.05) is 18.2 Å². The van der Waals surface area contributed by atoms with Crippen LogP contribution >= 0.6 is 27.7 Å². The van der Waals surface area contributed by atoms with E-state index in [1.54, 1.807) is 18.9 Å². The summed E-state index contributed by atoms with van der Waals surface area (Å²) in [6.45, 7) is 6.26. The fourth-order valence-corrected chi connectivity index (χ4v) is 2.24. The highest BCUT2D eigenvalue weighted by atomic mass is 79.9. The second kappa shape index (κ2) is 6.48. The Labute approximate surface area is 121 Å². The second-order valence-corrected chi connectivity index (χ2v) is 7.51. The van der Waals surface area contributed by atoms with Crippen molar-refractivity contribution in [2.24, 2.45) is 0 Å². The Morgan fingerprint density at radius 2 is 2.11 bits per heavy atom. The van der Waals surface area contributed by atoms with Crippen LogP contribution in [0.2, 0.25) is 0 Å². The topological polar surface area (TPSA) is 38.3 Å². The molecule has 5 heteroatoms. The van der Waals surface area contributed by atoms with Gasteiger partial charge in [0.2, 0.25) is 5.91 Å². The van der Waals surface area contributed by atoms with Crippen molar-refractivity contribution in [1.82, 2.24) is 0 Å². The lowest BCUT2D eigenvalue weighted by atomic mass is 10.3. The predicted octanol–water partition coefficient (Wildman–Crippen LogP) is 3.93. The van der Waals surface area contributed by atoms with Crippen LogP contribution in [0.1, 0.15) is 20.8 Å². The number of nitrogens with one attached hydrogen (secondary N) is 1. The summed E-state index contributed by atoms with van der Waals surface area (Å²) in [4.78, 5) is 11.8. The third-order valence-electron chi connectivity index (χ3n) is 2.07. The van der Waals surface area contributed by atoms with E-state index in [4.69, 9.17) is 4.74 Å². The minimum atomic E-state index is -0.0219. The fourth-order valence-electron chi connectivity index (χ4n) is 1.25. The first-order chi connectivity index (χ1) is 8.31. The van der Waals surface area contributed by atoms with Gasteiger partial charge in [0, 0.05) is 9.22 Å². The van der Waals surface area contributed by atoms with Gasteiger partial charge in [-0.05, 0) is 18.2 Å². The third kappa shape index (κ3) is 5.31. The number of benzene rings is 1. The molecule has 1 amide bonds. The Kier molecular flexibility index (Phi) is 5.53. The van der Waals surface area contributed by atoms with Crippen molar-refractivity contribution < 1.29 is 9.53 Å². The Morgan fingerprint density at radius 3 is 2.67 bits per heavy atom. The van der Waals surface area contributed by atoms with E-state index in [0.29, 0.717) is 17.2 Å². The summed E-state index contributed by atoms with van der Waals surface area (Å²) in [6.07, 6.45) is 0. The molecule has 0 spiro atoms. The Hall–Kier alpha value is -0.680. The van der Waals surface area contributed by atoms with Crippen LogP contribution in [0.15, 0.2) is 22.7 Å². The summed E-state index contributed by atoms with van der Waals surface area (Å²) in [5, 5.41) is 2.86. The average Bonchev–Trinajstić information content (AvgIpc) is 2.26. The monoisotopic (exact) mass is 331 g/mol. The van der Waals surface area contributed by atoms with Gasteiger partial charge in [-0.1, -0.05) is 36.7 Å². The van der Waals surface area contributed by atoms with Gasteiger partial charge in [-0.25, -0.2) is 0 Å². The van der Waals surface area contributed by atoms with E-state index in [1.165, 1.54) is 0 Å². The number of hydrogen-bond donors (Lipinski definition) is 1. The lowest BCUT2D eigenvalue weighted by Crippen LogP contribution is -2.19. The molecule has 0 fully saturated rings. The van der Waals surface area contributed by atoms with E-state index >= 15 is 0 Å². The standard InChI is InChI=1S/C13H18BrNO2S/c1-13(2,3)18-8-12(16)15-10-7-9(14)5-6-11(10)17-4/h5-7H,8H2,1-4H3,(H,15,16). The minimum absolute atomic E-state index is 0.0219. The van der Waals surface area contributed by atoms with Crippen LogP contribution in [0.5, 0.6) is 5.75 Å². The Balaban J connectivity index is 2.66. The lowest BCUT2D eigenvalue weighted by molar-refractivity contribution is -0.113. The van der Waals surface area contributed by atoms with Crippen LogP contribution in [0.25, 0.3) is 0 Å². The maximum atomic E-state index is 11.8. The number of halogens is 1. The van der Waals surface area contributed by atoms with Gasteiger partial charge >= 0.3 is 0 Å². The molecule has 0 saturated carbocycles. The average molecular weight is 332 g/mol. The number of thioether (sulfide) groups is 1. The highest BCUT2D eigenvalue weighted by Crippen LogP contribution is 2.29. The van der Waals surface area contributed by atoms with E-state index in [-0.39, 0.29) is 10.7 Å². The Morgan fingerprint density at radius 1 is 1.44 bits per heavy atom. The molecule has 100 valence electrons. The number of amides is 1. The van der Waals surface area contributed by atoms with E-state index in [2.05, 4.69) is 42.0 Å². The summed E-state index contributed by atoms with van der Waals surface area (Å²) in [5.74, 6) is 1.07. The van der Waals surface area contributed by atoms with Crippen LogP contribution in [-0.4, -0.2) is 23.5 Å². The van der Waals surface area contributed by atoms with Gasteiger partial charge in [-0.2, -0.15) is 0 Å². The number of ether oxygens (including phenoxy) is 1. The molecule has 1 rings (SSSR count). The van der Waals surface area contributed by atoms with Crippen LogP contribution in [0.4, 0.5) is 5.69 Å². The fraction of sp³-hybridized carbons (Fsp3) is 0.462. The van der Waals surface area contributed by atoms with Crippen molar-refractivity contribution in [1.29, 1.82) is 0 Å². The first-order valence-electron chi connectivity index (χ1n) is 5.59. The zero-order chi connectivity index (χ0) is 13.8. The zero-order valence-corrected chi connectivity index (χ0v) is 13.4. The number of anilines is 1. The van der Waals surface area contributed by atoms with Crippen molar-refractivity contribution in [2.45, 2.75) is 25.5 Å². The molecular formula is C13H18BrNO2S. The first-order valence-corrected chi connectivity index (χ1v) is 7.37. The van der Waals surface area contributed by atoms with Gasteiger partial charge in [0.15, 0.2) is 0 Å². The van der Waals surface area contributed by atoms with Crippen molar-refractivity contribution >= 4 is 39.3 Å². The molecule has 0 aliphatic carbocycles. The number of carbonyl (C=O) groups excluding carboxylic acids is 1. The van der Waals surface area contributed by atoms with E-state index in [9.17, 15) is 4.79 Å². The maximum absolute atomic E-state index is 11.8. The molecule has 0 aliphatic heterocycles. The number of rotatable bonds is 4. The van der Waals surface area contributed by atoms with Crippen molar-refractivity contribution in [3.8, 4) is 5.75 Å². The summed E-state index contributed by atoms with van der Waals surface area (Å²) in [7, 11) is 1.59. The summed E-state index contributed by atoms with van der Waals surface area (Å²) >= 11 is 4.99. The smallest absolute Gasteiger partial charge is 0.234 e. The van der Waals surface area contributed by atoms with E-state index in [0.717, 1.165) is 4.47 Å². The largest absolute Gasteiger partial charge is 0.495 e. The van der Waals surface area contributed by atoms with Gasteiger partial charge < -0.3 is 10.1 Å². The molecule has 0 bridgehead atoms. The highest BCUT2D eigenvalue weighted by Gasteiger charge is 2.14. The zero-order valence-electron chi connectivity index (χ0n) is 11.0. The molecule has 0 unspecified atom stereocenters. The van der Waals surface area contributed by atoms with Gasteiger partial charge in [-0.15, -0.1) is 11.8 Å². The molecule has 0 saturated heterocycles. The van der Waals surface area contributed by atoms with Crippen LogP contribution in [-0.2, 0) is 4.79 Å². The highest BCUT2D eigenvalue weighted by molar-refractivity contribution is 9.10. The number of carbonyl (C=O) groups is 1. The molecule has 1 N–H and O–H groups in total. The van der Waals surface area contributed by atoms with Gasteiger partial charge in [0.05, 0.1) is 18.6 Å². The lowest BCUT2D eigenvalue weighted by Gasteiger charge is -2.17. The SMILES string of the molecule is COc1ccc(Br)cc1NC(=O)CSC(C)(C)C. The molecule has 0 aliphatic rings. The Bertz CT molecular complexity index is 429. The summed E-state index contributed by atoms with van der Waals surface area (Å²) in [6, 6.07) is 5.52. The molecule has 0 atom stereocenters. The maximum Gasteiger partial charge on any atom is 0.234 e. The van der Waals surface area contributed by atoms with Crippen LogP contribution < -0.4 is 10.1 Å². The van der Waals surface area contributed by atoms with E-state index in [1.807, 2.05) is 18.2 Å². The number of hydrogen-bond acceptors (Lipinski definition) is 3. The normalized spacial score (nSPS) is 11.2. The molecular weight excluding hydrogens is 314 g/mol. The molecule has 1 aromatic rings. The summed E-state index contributed by atoms with van der Waals surface area (Å²) in [5.41, 5.74) is 0.686. The molecule has 3 nitrogen and oxygen atoms in total. The minimum Gasteiger partial charge on any atom is -0.495 e. The third-order valence-corrected chi connectivity index (χ3v) is 3.84. The van der Waals surface area contributed by atoms with Crippen LogP contribution in [0, 0.1) is 0 Å². The molecule has 0 aromatic heterocycles. The number of methoxy groups -OCH3 is 1. The van der Waals surface area contributed by atoms with Gasteiger partial charge in [-0.3, -0.25) is 4.79 Å².